The van der Waals surface area contributed by atoms with E-state index in [4.69, 9.17) is 15.6 Å². The number of rotatable bonds is 6. The molecular weight excluding hydrogens is 222 g/mol. The zero-order chi connectivity index (χ0) is 12.8. The van der Waals surface area contributed by atoms with E-state index in [0.29, 0.717) is 12.8 Å². The van der Waals surface area contributed by atoms with Crippen molar-refractivity contribution in [1.82, 2.24) is 0 Å². The lowest BCUT2D eigenvalue weighted by Crippen LogP contribution is -2.27. The lowest BCUT2D eigenvalue weighted by Gasteiger charge is -2.15. The molecule has 0 bridgehead atoms. The number of primary amides is 1. The lowest BCUT2D eigenvalue weighted by atomic mass is 10.1. The van der Waals surface area contributed by atoms with E-state index in [9.17, 15) is 9.59 Å². The Balaban J connectivity index is 2.92. The van der Waals surface area contributed by atoms with Crippen LogP contribution in [0.1, 0.15) is 30.1 Å². The number of amides is 1. The van der Waals surface area contributed by atoms with E-state index in [1.165, 1.54) is 12.1 Å². The van der Waals surface area contributed by atoms with Gasteiger partial charge in [-0.3, -0.25) is 4.79 Å². The molecule has 5 heteroatoms. The van der Waals surface area contributed by atoms with Gasteiger partial charge in [0.25, 0.3) is 5.91 Å². The lowest BCUT2D eigenvalue weighted by molar-refractivity contribution is -0.145. The molecule has 1 aromatic rings. The third-order valence-corrected chi connectivity index (χ3v) is 2.25. The van der Waals surface area contributed by atoms with Gasteiger partial charge >= 0.3 is 5.97 Å². The van der Waals surface area contributed by atoms with Crippen LogP contribution in [0, 0.1) is 0 Å². The standard InChI is InChI=1S/C12H15NO4/c1-2-5-10(12(15)16)17-9-7-4-3-6-8(9)11(13)14/h3-4,6-7,10H,2,5H2,1H3,(H2,13,14)(H,15,16). The van der Waals surface area contributed by atoms with Gasteiger partial charge in [-0.1, -0.05) is 25.5 Å². The number of hydrogen-bond acceptors (Lipinski definition) is 3. The fourth-order valence-corrected chi connectivity index (χ4v) is 1.42. The van der Waals surface area contributed by atoms with E-state index in [1.54, 1.807) is 12.1 Å². The minimum absolute atomic E-state index is 0.190. The summed E-state index contributed by atoms with van der Waals surface area (Å²) in [6.07, 6.45) is 0.0958. The minimum Gasteiger partial charge on any atom is -0.479 e. The SMILES string of the molecule is CCCC(Oc1ccccc1C(N)=O)C(=O)O. The Bertz CT molecular complexity index is 417. The number of carbonyl (C=O) groups excluding carboxylic acids is 1. The van der Waals surface area contributed by atoms with Gasteiger partial charge in [0.1, 0.15) is 5.75 Å². The van der Waals surface area contributed by atoms with Gasteiger partial charge in [0, 0.05) is 0 Å². The summed E-state index contributed by atoms with van der Waals surface area (Å²) in [6, 6.07) is 6.34. The van der Waals surface area contributed by atoms with Crippen molar-refractivity contribution in [2.24, 2.45) is 5.73 Å². The molecule has 3 N–H and O–H groups in total. The number of para-hydroxylation sites is 1. The molecule has 0 saturated carbocycles. The number of carboxylic acid groups (broad SMARTS) is 1. The highest BCUT2D eigenvalue weighted by atomic mass is 16.5. The number of aliphatic carboxylic acids is 1. The molecule has 92 valence electrons. The molecule has 0 radical (unpaired) electrons. The van der Waals surface area contributed by atoms with E-state index in [0.717, 1.165) is 0 Å². The summed E-state index contributed by atoms with van der Waals surface area (Å²) in [5.74, 6) is -1.48. The monoisotopic (exact) mass is 237 g/mol. The van der Waals surface area contributed by atoms with Crippen LogP contribution >= 0.6 is 0 Å². The molecule has 0 fully saturated rings. The van der Waals surface area contributed by atoms with E-state index in [-0.39, 0.29) is 11.3 Å². The largest absolute Gasteiger partial charge is 0.479 e. The highest BCUT2D eigenvalue weighted by Crippen LogP contribution is 2.20. The van der Waals surface area contributed by atoms with Crippen LogP contribution in [-0.2, 0) is 4.79 Å². The Hall–Kier alpha value is -2.04. The van der Waals surface area contributed by atoms with Gasteiger partial charge in [-0.2, -0.15) is 0 Å². The minimum atomic E-state index is -1.05. The molecule has 0 aliphatic rings. The summed E-state index contributed by atoms with van der Waals surface area (Å²) in [6.45, 7) is 1.86. The van der Waals surface area contributed by atoms with Crippen LogP contribution in [0.2, 0.25) is 0 Å². The number of ether oxygens (including phenoxy) is 1. The Labute approximate surface area is 99.2 Å². The van der Waals surface area contributed by atoms with Crippen LogP contribution in [0.5, 0.6) is 5.75 Å². The van der Waals surface area contributed by atoms with Crippen LogP contribution in [-0.4, -0.2) is 23.1 Å². The number of carboxylic acids is 1. The van der Waals surface area contributed by atoms with Gasteiger partial charge in [0.15, 0.2) is 6.10 Å². The second-order valence-corrected chi connectivity index (χ2v) is 3.59. The van der Waals surface area contributed by atoms with Crippen molar-refractivity contribution in [1.29, 1.82) is 0 Å². The molecule has 1 rings (SSSR count). The van der Waals surface area contributed by atoms with Crippen molar-refractivity contribution in [2.75, 3.05) is 0 Å². The molecule has 1 unspecified atom stereocenters. The Morgan fingerprint density at radius 1 is 1.41 bits per heavy atom. The molecule has 1 amide bonds. The maximum atomic E-state index is 11.1. The number of nitrogens with two attached hydrogens (primary N) is 1. The average Bonchev–Trinajstić information content (AvgIpc) is 2.28. The fraction of sp³-hybridized carbons (Fsp3) is 0.333. The summed E-state index contributed by atoms with van der Waals surface area (Å²) in [5.41, 5.74) is 5.36. The predicted octanol–water partition coefficient (Wildman–Crippen LogP) is 1.42. The smallest absolute Gasteiger partial charge is 0.344 e. The van der Waals surface area contributed by atoms with Crippen LogP contribution in [0.3, 0.4) is 0 Å². The molecule has 5 nitrogen and oxygen atoms in total. The maximum Gasteiger partial charge on any atom is 0.344 e. The Morgan fingerprint density at radius 2 is 2.06 bits per heavy atom. The summed E-state index contributed by atoms with van der Waals surface area (Å²) in [5, 5.41) is 8.95. The Morgan fingerprint density at radius 3 is 2.59 bits per heavy atom. The van der Waals surface area contributed by atoms with Crippen molar-refractivity contribution in [2.45, 2.75) is 25.9 Å². The zero-order valence-electron chi connectivity index (χ0n) is 9.55. The topological polar surface area (TPSA) is 89.6 Å². The van der Waals surface area contributed by atoms with E-state index in [1.807, 2.05) is 6.92 Å². The third-order valence-electron chi connectivity index (χ3n) is 2.25. The first-order chi connectivity index (χ1) is 8.06. The summed E-state index contributed by atoms with van der Waals surface area (Å²) in [7, 11) is 0. The average molecular weight is 237 g/mol. The maximum absolute atomic E-state index is 11.1. The van der Waals surface area contributed by atoms with Crippen LogP contribution in [0.4, 0.5) is 0 Å². The summed E-state index contributed by atoms with van der Waals surface area (Å²) < 4.78 is 5.31. The quantitative estimate of drug-likeness (QED) is 0.782. The summed E-state index contributed by atoms with van der Waals surface area (Å²) >= 11 is 0. The van der Waals surface area contributed by atoms with Crippen molar-refractivity contribution >= 4 is 11.9 Å². The molecule has 1 aromatic carbocycles. The molecule has 0 heterocycles. The molecule has 0 aromatic heterocycles. The molecular formula is C12H15NO4. The van der Waals surface area contributed by atoms with Gasteiger partial charge in [0.2, 0.25) is 0 Å². The first kappa shape index (κ1) is 13.0. The molecule has 1 atom stereocenters. The van der Waals surface area contributed by atoms with Crippen molar-refractivity contribution in [3.05, 3.63) is 29.8 Å². The highest BCUT2D eigenvalue weighted by molar-refractivity contribution is 5.95. The van der Waals surface area contributed by atoms with Gasteiger partial charge in [-0.15, -0.1) is 0 Å². The first-order valence-corrected chi connectivity index (χ1v) is 5.34. The molecule has 17 heavy (non-hydrogen) atoms. The van der Waals surface area contributed by atoms with Gasteiger partial charge in [-0.05, 0) is 18.6 Å². The van der Waals surface area contributed by atoms with Gasteiger partial charge in [0.05, 0.1) is 5.56 Å². The van der Waals surface area contributed by atoms with Gasteiger partial charge in [-0.25, -0.2) is 4.79 Å². The molecule has 0 aliphatic carbocycles. The van der Waals surface area contributed by atoms with Crippen molar-refractivity contribution < 1.29 is 19.4 Å². The fourth-order valence-electron chi connectivity index (χ4n) is 1.42. The van der Waals surface area contributed by atoms with Crippen LogP contribution in [0.15, 0.2) is 24.3 Å². The van der Waals surface area contributed by atoms with E-state index in [2.05, 4.69) is 0 Å². The van der Waals surface area contributed by atoms with Crippen LogP contribution in [0.25, 0.3) is 0 Å². The van der Waals surface area contributed by atoms with Gasteiger partial charge < -0.3 is 15.6 Å². The number of hydrogen-bond donors (Lipinski definition) is 2. The van der Waals surface area contributed by atoms with Crippen molar-refractivity contribution in [3.63, 3.8) is 0 Å². The Kier molecular flexibility index (Phi) is 4.51. The highest BCUT2D eigenvalue weighted by Gasteiger charge is 2.20. The number of benzene rings is 1. The van der Waals surface area contributed by atoms with E-state index < -0.39 is 18.0 Å². The normalized spacial score (nSPS) is 11.8. The first-order valence-electron chi connectivity index (χ1n) is 5.34. The number of carbonyl (C=O) groups is 2. The molecule has 0 saturated heterocycles. The van der Waals surface area contributed by atoms with E-state index >= 15 is 0 Å². The summed E-state index contributed by atoms with van der Waals surface area (Å²) in [4.78, 5) is 22.1. The van der Waals surface area contributed by atoms with Crippen LogP contribution < -0.4 is 10.5 Å². The second-order valence-electron chi connectivity index (χ2n) is 3.59. The predicted molar refractivity (Wildman–Crippen MR) is 61.9 cm³/mol. The molecule has 0 spiro atoms. The zero-order valence-corrected chi connectivity index (χ0v) is 9.55. The van der Waals surface area contributed by atoms with Crippen molar-refractivity contribution in [3.8, 4) is 5.75 Å². The third kappa shape index (κ3) is 3.48. The second kappa shape index (κ2) is 5.89. The molecule has 0 aliphatic heterocycles.